The molecule has 0 unspecified atom stereocenters. The Morgan fingerprint density at radius 3 is 2.73 bits per heavy atom. The first kappa shape index (κ1) is 11.8. The highest BCUT2D eigenvalue weighted by Crippen LogP contribution is 2.21. The van der Waals surface area contributed by atoms with E-state index in [1.165, 1.54) is 12.1 Å². The molecule has 82 valence electrons. The average Bonchev–Trinajstić information content (AvgIpc) is 2.16. The number of benzene rings is 1. The fourth-order valence-electron chi connectivity index (χ4n) is 0.935. The smallest absolute Gasteiger partial charge is 0.336 e. The lowest BCUT2D eigenvalue weighted by Gasteiger charge is -2.07. The maximum atomic E-state index is 11.8. The Balaban J connectivity index is 2.83. The van der Waals surface area contributed by atoms with Gasteiger partial charge in [-0.3, -0.25) is 0 Å². The lowest BCUT2D eigenvalue weighted by molar-refractivity contribution is 0.0691. The molecule has 0 spiro atoms. The molecular formula is C9H8F2O3S. The van der Waals surface area contributed by atoms with Crippen molar-refractivity contribution in [2.45, 2.75) is 11.3 Å². The molecule has 0 saturated heterocycles. The Kier molecular flexibility index (Phi) is 3.90. The number of carboxylic acid groups (broad SMARTS) is 1. The van der Waals surface area contributed by atoms with E-state index in [-0.39, 0.29) is 16.2 Å². The zero-order chi connectivity index (χ0) is 11.4. The quantitative estimate of drug-likeness (QED) is 0.786. The predicted octanol–water partition coefficient (Wildman–Crippen LogP) is 2.32. The minimum Gasteiger partial charge on any atom is -0.488 e. The van der Waals surface area contributed by atoms with Crippen LogP contribution in [0.25, 0.3) is 0 Å². The summed E-state index contributed by atoms with van der Waals surface area (Å²) in [5.74, 6) is -1.09. The molecule has 6 heteroatoms. The Hall–Kier alpha value is -1.30. The number of alkyl halides is 2. The summed E-state index contributed by atoms with van der Waals surface area (Å²) in [5.41, 5.74) is -0.0786. The molecule has 0 radical (unpaired) electrons. The molecule has 3 nitrogen and oxygen atoms in total. The minimum atomic E-state index is -2.59. The van der Waals surface area contributed by atoms with E-state index < -0.39 is 19.0 Å². The van der Waals surface area contributed by atoms with Crippen LogP contribution in [0.3, 0.4) is 0 Å². The van der Waals surface area contributed by atoms with E-state index in [9.17, 15) is 13.6 Å². The highest BCUT2D eigenvalue weighted by molar-refractivity contribution is 7.80. The fraction of sp³-hybridized carbons (Fsp3) is 0.222. The van der Waals surface area contributed by atoms with Gasteiger partial charge < -0.3 is 9.84 Å². The number of carboxylic acids is 1. The molecule has 0 saturated carbocycles. The van der Waals surface area contributed by atoms with Gasteiger partial charge in [-0.1, -0.05) is 0 Å². The molecule has 1 N–H and O–H groups in total. The SMILES string of the molecule is O=C(O)c1cc(OCC(F)F)ccc1S. The standard InChI is InChI=1S/C9H8F2O3S/c10-8(11)4-14-5-1-2-7(15)6(3-5)9(12)13/h1-3,8,15H,4H2,(H,12,13). The molecule has 0 bridgehead atoms. The molecule has 0 aliphatic carbocycles. The topological polar surface area (TPSA) is 46.5 Å². The Morgan fingerprint density at radius 2 is 2.20 bits per heavy atom. The minimum absolute atomic E-state index is 0.0786. The molecule has 0 amide bonds. The van der Waals surface area contributed by atoms with E-state index in [4.69, 9.17) is 5.11 Å². The van der Waals surface area contributed by atoms with Crippen LogP contribution in [0.4, 0.5) is 8.78 Å². The van der Waals surface area contributed by atoms with Gasteiger partial charge in [0, 0.05) is 4.90 Å². The van der Waals surface area contributed by atoms with Crippen molar-refractivity contribution >= 4 is 18.6 Å². The van der Waals surface area contributed by atoms with Gasteiger partial charge in [0.2, 0.25) is 0 Å². The maximum absolute atomic E-state index is 11.8. The van der Waals surface area contributed by atoms with Gasteiger partial charge in [-0.2, -0.15) is 0 Å². The molecule has 1 rings (SSSR count). The van der Waals surface area contributed by atoms with Crippen molar-refractivity contribution in [1.82, 2.24) is 0 Å². The van der Waals surface area contributed by atoms with Gasteiger partial charge in [0.25, 0.3) is 6.43 Å². The predicted molar refractivity (Wildman–Crippen MR) is 52.2 cm³/mol. The molecule has 0 aliphatic rings. The number of aromatic carboxylic acids is 1. The maximum Gasteiger partial charge on any atom is 0.336 e. The first-order valence-corrected chi connectivity index (χ1v) is 4.42. The Morgan fingerprint density at radius 1 is 1.53 bits per heavy atom. The fourth-order valence-corrected chi connectivity index (χ4v) is 1.17. The van der Waals surface area contributed by atoms with Gasteiger partial charge in [-0.25, -0.2) is 13.6 Å². The van der Waals surface area contributed by atoms with Crippen molar-refractivity contribution in [3.8, 4) is 5.75 Å². The van der Waals surface area contributed by atoms with Gasteiger partial charge in [0.05, 0.1) is 5.56 Å². The van der Waals surface area contributed by atoms with Crippen LogP contribution >= 0.6 is 12.6 Å². The molecule has 15 heavy (non-hydrogen) atoms. The summed E-state index contributed by atoms with van der Waals surface area (Å²) in [5, 5.41) is 8.71. The Labute approximate surface area is 90.1 Å². The van der Waals surface area contributed by atoms with E-state index in [1.54, 1.807) is 0 Å². The molecule has 0 fully saturated rings. The van der Waals surface area contributed by atoms with E-state index in [0.29, 0.717) is 0 Å². The van der Waals surface area contributed by atoms with Gasteiger partial charge in [-0.05, 0) is 18.2 Å². The van der Waals surface area contributed by atoms with E-state index in [0.717, 1.165) is 6.07 Å². The van der Waals surface area contributed by atoms with Crippen LogP contribution in [0.5, 0.6) is 5.75 Å². The van der Waals surface area contributed by atoms with Crippen LogP contribution in [0.1, 0.15) is 10.4 Å². The summed E-state index contributed by atoms with van der Waals surface area (Å²) in [6, 6.07) is 3.93. The largest absolute Gasteiger partial charge is 0.488 e. The normalized spacial score (nSPS) is 10.4. The summed E-state index contributed by atoms with van der Waals surface area (Å²) >= 11 is 3.91. The van der Waals surface area contributed by atoms with Gasteiger partial charge in [-0.15, -0.1) is 12.6 Å². The lowest BCUT2D eigenvalue weighted by atomic mass is 10.2. The van der Waals surface area contributed by atoms with Gasteiger partial charge in [0.1, 0.15) is 12.4 Å². The third kappa shape index (κ3) is 3.39. The van der Waals surface area contributed by atoms with Crippen LogP contribution < -0.4 is 4.74 Å². The molecule has 0 aromatic heterocycles. The highest BCUT2D eigenvalue weighted by Gasteiger charge is 2.10. The number of ether oxygens (including phenoxy) is 1. The van der Waals surface area contributed by atoms with Crippen LogP contribution in [0.15, 0.2) is 23.1 Å². The van der Waals surface area contributed by atoms with Crippen molar-refractivity contribution < 1.29 is 23.4 Å². The van der Waals surface area contributed by atoms with E-state index in [2.05, 4.69) is 17.4 Å². The van der Waals surface area contributed by atoms with Crippen molar-refractivity contribution in [1.29, 1.82) is 0 Å². The van der Waals surface area contributed by atoms with Crippen LogP contribution in [0, 0.1) is 0 Å². The molecule has 1 aromatic rings. The summed E-state index contributed by atoms with van der Waals surface area (Å²) in [7, 11) is 0. The average molecular weight is 234 g/mol. The highest BCUT2D eigenvalue weighted by atomic mass is 32.1. The van der Waals surface area contributed by atoms with E-state index >= 15 is 0 Å². The van der Waals surface area contributed by atoms with Crippen molar-refractivity contribution in [3.63, 3.8) is 0 Å². The molecule has 0 atom stereocenters. The number of hydrogen-bond donors (Lipinski definition) is 2. The second kappa shape index (κ2) is 4.97. The number of thiol groups is 1. The molecular weight excluding hydrogens is 226 g/mol. The third-order valence-electron chi connectivity index (χ3n) is 1.57. The summed E-state index contributed by atoms with van der Waals surface area (Å²) in [6.07, 6.45) is -2.59. The zero-order valence-electron chi connectivity index (χ0n) is 7.48. The van der Waals surface area contributed by atoms with Crippen LogP contribution in [-0.4, -0.2) is 24.1 Å². The zero-order valence-corrected chi connectivity index (χ0v) is 8.38. The summed E-state index contributed by atoms with van der Waals surface area (Å²) in [4.78, 5) is 10.9. The Bertz CT molecular complexity index is 368. The number of hydrogen-bond acceptors (Lipinski definition) is 3. The second-order valence-corrected chi connectivity index (χ2v) is 3.17. The monoisotopic (exact) mass is 234 g/mol. The van der Waals surface area contributed by atoms with Crippen molar-refractivity contribution in [3.05, 3.63) is 23.8 Å². The van der Waals surface area contributed by atoms with Crippen LogP contribution in [-0.2, 0) is 0 Å². The van der Waals surface area contributed by atoms with Gasteiger partial charge >= 0.3 is 5.97 Å². The number of halogens is 2. The van der Waals surface area contributed by atoms with Crippen molar-refractivity contribution in [2.24, 2.45) is 0 Å². The molecule has 0 aliphatic heterocycles. The molecule has 1 aromatic carbocycles. The van der Waals surface area contributed by atoms with E-state index in [1.807, 2.05) is 0 Å². The molecule has 0 heterocycles. The van der Waals surface area contributed by atoms with Crippen LogP contribution in [0.2, 0.25) is 0 Å². The van der Waals surface area contributed by atoms with Crippen molar-refractivity contribution in [2.75, 3.05) is 6.61 Å². The first-order chi connectivity index (χ1) is 7.00. The first-order valence-electron chi connectivity index (χ1n) is 3.98. The summed E-state index contributed by atoms with van der Waals surface area (Å²) < 4.78 is 28.3. The third-order valence-corrected chi connectivity index (χ3v) is 1.96. The number of carbonyl (C=O) groups is 1. The summed E-state index contributed by atoms with van der Waals surface area (Å²) in [6.45, 7) is -0.759. The second-order valence-electron chi connectivity index (χ2n) is 2.69. The lowest BCUT2D eigenvalue weighted by Crippen LogP contribution is -2.07. The number of rotatable bonds is 4. The van der Waals surface area contributed by atoms with Gasteiger partial charge in [0.15, 0.2) is 0 Å².